The number of nitrogens with zero attached hydrogens (tertiary/aromatic N) is 3. The Bertz CT molecular complexity index is 952. The lowest BCUT2D eigenvalue weighted by atomic mass is 10.2. The van der Waals surface area contributed by atoms with E-state index >= 15 is 0 Å². The van der Waals surface area contributed by atoms with E-state index < -0.39 is 33.3 Å². The van der Waals surface area contributed by atoms with E-state index in [0.29, 0.717) is 12.1 Å². The smallest absolute Gasteiger partial charge is 0.410 e. The van der Waals surface area contributed by atoms with E-state index in [2.05, 4.69) is 5.32 Å². The van der Waals surface area contributed by atoms with Gasteiger partial charge in [0, 0.05) is 31.3 Å². The SMILES string of the molecule is C[C@@H]1CN(C[C@@H]2C[C@@H](OS(C)(=O)=O)CN2C(=O)OCc2ccc([N+](=O)[O-])cc2)C(=O)N1. The number of nitrogens with one attached hydrogen (secondary N) is 1. The van der Waals surface area contributed by atoms with Gasteiger partial charge in [0.25, 0.3) is 15.8 Å². The Morgan fingerprint density at radius 3 is 2.52 bits per heavy atom. The first kappa shape index (κ1) is 22.7. The molecule has 3 amide bonds. The summed E-state index contributed by atoms with van der Waals surface area (Å²) >= 11 is 0. The van der Waals surface area contributed by atoms with Crippen molar-refractivity contribution < 1.29 is 31.9 Å². The molecule has 0 bridgehead atoms. The first-order valence-electron chi connectivity index (χ1n) is 9.62. The second kappa shape index (κ2) is 9.06. The molecule has 13 heteroatoms. The van der Waals surface area contributed by atoms with Crippen LogP contribution in [0.2, 0.25) is 0 Å². The summed E-state index contributed by atoms with van der Waals surface area (Å²) in [7, 11) is -3.72. The summed E-state index contributed by atoms with van der Waals surface area (Å²) in [5.41, 5.74) is 0.486. The quantitative estimate of drug-likeness (QED) is 0.364. The van der Waals surface area contributed by atoms with Crippen LogP contribution in [-0.4, -0.2) is 79.3 Å². The molecule has 0 aromatic heterocycles. The minimum Gasteiger partial charge on any atom is -0.445 e. The number of amides is 3. The van der Waals surface area contributed by atoms with Gasteiger partial charge in [-0.1, -0.05) is 0 Å². The van der Waals surface area contributed by atoms with Crippen LogP contribution < -0.4 is 5.32 Å². The number of ether oxygens (including phenoxy) is 1. The summed E-state index contributed by atoms with van der Waals surface area (Å²) in [5, 5.41) is 13.5. The van der Waals surface area contributed by atoms with E-state index in [-0.39, 0.29) is 43.9 Å². The van der Waals surface area contributed by atoms with Crippen LogP contribution in [0.1, 0.15) is 18.9 Å². The van der Waals surface area contributed by atoms with Crippen molar-refractivity contribution in [3.8, 4) is 0 Å². The molecule has 170 valence electrons. The van der Waals surface area contributed by atoms with E-state index in [9.17, 15) is 28.1 Å². The van der Waals surface area contributed by atoms with E-state index in [4.69, 9.17) is 8.92 Å². The number of carbonyl (C=O) groups excluding carboxylic acids is 2. The van der Waals surface area contributed by atoms with Gasteiger partial charge in [0.2, 0.25) is 0 Å². The molecule has 2 fully saturated rings. The second-order valence-corrected chi connectivity index (χ2v) is 9.30. The molecule has 0 unspecified atom stereocenters. The first-order chi connectivity index (χ1) is 14.5. The van der Waals surface area contributed by atoms with Gasteiger partial charge in [-0.15, -0.1) is 0 Å². The van der Waals surface area contributed by atoms with Crippen LogP contribution in [0.15, 0.2) is 24.3 Å². The maximum absolute atomic E-state index is 12.7. The van der Waals surface area contributed by atoms with Gasteiger partial charge in [0.05, 0.1) is 29.9 Å². The normalized spacial score (nSPS) is 23.7. The summed E-state index contributed by atoms with van der Waals surface area (Å²) < 4.78 is 33.4. The van der Waals surface area contributed by atoms with Crippen molar-refractivity contribution >= 4 is 27.9 Å². The number of urea groups is 1. The molecule has 2 aliphatic heterocycles. The standard InChI is InChI=1S/C18H24N4O8S/c1-12-8-20(17(23)19-12)9-15-7-16(30-31(2,27)28)10-21(15)18(24)29-11-13-3-5-14(6-4-13)22(25)26/h3-6,12,15-16H,7-11H2,1-2H3,(H,19,23)/t12-,15+,16-/m1/s1. The molecule has 0 aliphatic carbocycles. The molecular weight excluding hydrogens is 432 g/mol. The minimum atomic E-state index is -3.72. The third kappa shape index (κ3) is 6.04. The second-order valence-electron chi connectivity index (χ2n) is 7.70. The summed E-state index contributed by atoms with van der Waals surface area (Å²) in [6, 6.07) is 4.83. The highest BCUT2D eigenvalue weighted by atomic mass is 32.2. The van der Waals surface area contributed by atoms with Crippen LogP contribution in [0.5, 0.6) is 0 Å². The van der Waals surface area contributed by atoms with Gasteiger partial charge in [0.15, 0.2) is 0 Å². The predicted molar refractivity (Wildman–Crippen MR) is 108 cm³/mol. The number of likely N-dealkylation sites (tertiary alicyclic amines) is 1. The van der Waals surface area contributed by atoms with Crippen LogP contribution in [0, 0.1) is 10.1 Å². The van der Waals surface area contributed by atoms with Crippen LogP contribution >= 0.6 is 0 Å². The van der Waals surface area contributed by atoms with Crippen molar-refractivity contribution in [1.82, 2.24) is 15.1 Å². The molecule has 3 atom stereocenters. The summed E-state index contributed by atoms with van der Waals surface area (Å²) in [5.74, 6) is 0. The van der Waals surface area contributed by atoms with E-state index in [0.717, 1.165) is 6.26 Å². The maximum Gasteiger partial charge on any atom is 0.410 e. The maximum atomic E-state index is 12.7. The number of rotatable bonds is 7. The molecule has 0 radical (unpaired) electrons. The monoisotopic (exact) mass is 456 g/mol. The Morgan fingerprint density at radius 2 is 1.97 bits per heavy atom. The number of carbonyl (C=O) groups is 2. The zero-order chi connectivity index (χ0) is 22.8. The largest absolute Gasteiger partial charge is 0.445 e. The molecule has 2 saturated heterocycles. The number of hydrogen-bond acceptors (Lipinski definition) is 8. The molecule has 31 heavy (non-hydrogen) atoms. The molecule has 2 heterocycles. The van der Waals surface area contributed by atoms with Crippen molar-refractivity contribution in [2.75, 3.05) is 25.9 Å². The minimum absolute atomic E-state index is 0.00183. The fourth-order valence-electron chi connectivity index (χ4n) is 3.70. The highest BCUT2D eigenvalue weighted by Crippen LogP contribution is 2.25. The number of hydrogen-bond donors (Lipinski definition) is 1. The van der Waals surface area contributed by atoms with Crippen LogP contribution in [-0.2, 0) is 25.6 Å². The van der Waals surface area contributed by atoms with Crippen LogP contribution in [0.3, 0.4) is 0 Å². The Morgan fingerprint density at radius 1 is 1.29 bits per heavy atom. The van der Waals surface area contributed by atoms with Crippen molar-refractivity contribution in [1.29, 1.82) is 0 Å². The molecule has 3 rings (SSSR count). The van der Waals surface area contributed by atoms with Crippen molar-refractivity contribution in [3.05, 3.63) is 39.9 Å². The summed E-state index contributed by atoms with van der Waals surface area (Å²) in [4.78, 5) is 37.9. The fraction of sp³-hybridized carbons (Fsp3) is 0.556. The van der Waals surface area contributed by atoms with Crippen molar-refractivity contribution in [2.45, 2.75) is 38.1 Å². The topological polar surface area (TPSA) is 148 Å². The number of non-ortho nitro benzene ring substituents is 1. The van der Waals surface area contributed by atoms with E-state index in [1.165, 1.54) is 29.2 Å². The van der Waals surface area contributed by atoms with E-state index in [1.807, 2.05) is 6.92 Å². The average molecular weight is 456 g/mol. The van der Waals surface area contributed by atoms with Crippen molar-refractivity contribution in [3.63, 3.8) is 0 Å². The molecule has 1 aromatic carbocycles. The van der Waals surface area contributed by atoms with Gasteiger partial charge in [-0.3, -0.25) is 14.3 Å². The Labute approximate surface area is 179 Å². The zero-order valence-corrected chi connectivity index (χ0v) is 17.9. The highest BCUT2D eigenvalue weighted by Gasteiger charge is 2.41. The first-order valence-corrected chi connectivity index (χ1v) is 11.4. The molecule has 1 aromatic rings. The van der Waals surface area contributed by atoms with Gasteiger partial charge in [-0.25, -0.2) is 9.59 Å². The average Bonchev–Trinajstić information content (AvgIpc) is 3.20. The predicted octanol–water partition coefficient (Wildman–Crippen LogP) is 1.06. The summed E-state index contributed by atoms with van der Waals surface area (Å²) in [6.45, 7) is 2.43. The third-order valence-electron chi connectivity index (χ3n) is 5.01. The lowest BCUT2D eigenvalue weighted by Crippen LogP contribution is -2.44. The Balaban J connectivity index is 1.65. The van der Waals surface area contributed by atoms with E-state index in [1.54, 1.807) is 4.90 Å². The number of nitro groups is 1. The molecule has 0 saturated carbocycles. The van der Waals surface area contributed by atoms with Gasteiger partial charge < -0.3 is 19.9 Å². The van der Waals surface area contributed by atoms with Gasteiger partial charge in [0.1, 0.15) is 6.61 Å². The number of nitro benzene ring substituents is 1. The highest BCUT2D eigenvalue weighted by molar-refractivity contribution is 7.86. The molecule has 12 nitrogen and oxygen atoms in total. The molecular formula is C18H24N4O8S. The lowest BCUT2D eigenvalue weighted by Gasteiger charge is -2.27. The third-order valence-corrected chi connectivity index (χ3v) is 5.64. The fourth-order valence-corrected chi connectivity index (χ4v) is 4.34. The van der Waals surface area contributed by atoms with Gasteiger partial charge in [-0.2, -0.15) is 8.42 Å². The van der Waals surface area contributed by atoms with Gasteiger partial charge in [-0.05, 0) is 31.0 Å². The molecule has 1 N–H and O–H groups in total. The van der Waals surface area contributed by atoms with Crippen LogP contribution in [0.4, 0.5) is 15.3 Å². The summed E-state index contributed by atoms with van der Waals surface area (Å²) in [6.07, 6.45) is -0.254. The molecule has 2 aliphatic rings. The lowest BCUT2D eigenvalue weighted by molar-refractivity contribution is -0.384. The number of benzene rings is 1. The molecule has 0 spiro atoms. The zero-order valence-electron chi connectivity index (χ0n) is 17.1. The Kier molecular flexibility index (Phi) is 6.65. The van der Waals surface area contributed by atoms with Gasteiger partial charge >= 0.3 is 12.1 Å². The Hall–Kier alpha value is -2.93. The van der Waals surface area contributed by atoms with Crippen molar-refractivity contribution in [2.24, 2.45) is 0 Å². The van der Waals surface area contributed by atoms with Crippen LogP contribution in [0.25, 0.3) is 0 Å².